The summed E-state index contributed by atoms with van der Waals surface area (Å²) < 4.78 is 8.20. The van der Waals surface area contributed by atoms with Crippen LogP contribution in [-0.2, 0) is 0 Å². The van der Waals surface area contributed by atoms with E-state index in [2.05, 4.69) is 56.1 Å². The Balaban J connectivity index is 1.64. The van der Waals surface area contributed by atoms with Crippen molar-refractivity contribution in [3.05, 3.63) is 70.4 Å². The number of hydrogen-bond acceptors (Lipinski definition) is 5. The lowest BCUT2D eigenvalue weighted by atomic mass is 10.3. The van der Waals surface area contributed by atoms with Crippen LogP contribution in [0.15, 0.2) is 66.9 Å². The zero-order valence-corrected chi connectivity index (χ0v) is 15.4. The highest BCUT2D eigenvalue weighted by Gasteiger charge is 2.10. The maximum atomic E-state index is 5.88. The molecule has 0 bridgehead atoms. The van der Waals surface area contributed by atoms with Gasteiger partial charge < -0.3 is 10.1 Å². The van der Waals surface area contributed by atoms with Gasteiger partial charge in [0.25, 0.3) is 0 Å². The smallest absolute Gasteiger partial charge is 0.243 e. The van der Waals surface area contributed by atoms with E-state index in [0.29, 0.717) is 5.88 Å². The summed E-state index contributed by atoms with van der Waals surface area (Å²) in [6.07, 6.45) is 1.71. The Morgan fingerprint density at radius 3 is 2.75 bits per heavy atom. The van der Waals surface area contributed by atoms with Crippen LogP contribution < -0.4 is 10.1 Å². The average molecular weight is 445 g/mol. The second-order valence-electron chi connectivity index (χ2n) is 5.03. The topological polar surface area (TPSA) is 47.0 Å². The van der Waals surface area contributed by atoms with Gasteiger partial charge >= 0.3 is 0 Å². The first-order valence-corrected chi connectivity index (χ1v) is 9.18. The molecule has 4 aromatic rings. The van der Waals surface area contributed by atoms with Crippen LogP contribution in [0.25, 0.3) is 10.2 Å². The van der Waals surface area contributed by atoms with Gasteiger partial charge in [-0.2, -0.15) is 0 Å². The van der Waals surface area contributed by atoms with E-state index in [1.807, 2.05) is 42.5 Å². The number of pyridine rings is 1. The van der Waals surface area contributed by atoms with Gasteiger partial charge in [-0.25, -0.2) is 9.97 Å². The maximum absolute atomic E-state index is 5.88. The van der Waals surface area contributed by atoms with Crippen molar-refractivity contribution in [3.8, 4) is 11.6 Å². The number of para-hydroxylation sites is 1. The summed E-state index contributed by atoms with van der Waals surface area (Å²) in [7, 11) is 0. The van der Waals surface area contributed by atoms with Gasteiger partial charge in [-0.3, -0.25) is 0 Å². The lowest BCUT2D eigenvalue weighted by Crippen LogP contribution is -1.95. The van der Waals surface area contributed by atoms with E-state index >= 15 is 0 Å². The zero-order valence-electron chi connectivity index (χ0n) is 12.4. The molecule has 0 aliphatic heterocycles. The molecule has 4 nitrogen and oxygen atoms in total. The summed E-state index contributed by atoms with van der Waals surface area (Å²) in [4.78, 5) is 8.97. The molecule has 6 heteroatoms. The Morgan fingerprint density at radius 1 is 1.00 bits per heavy atom. The van der Waals surface area contributed by atoms with Crippen LogP contribution in [0.4, 0.5) is 10.8 Å². The van der Waals surface area contributed by atoms with E-state index in [4.69, 9.17) is 4.74 Å². The van der Waals surface area contributed by atoms with Crippen molar-refractivity contribution in [1.82, 2.24) is 9.97 Å². The predicted octanol–water partition coefficient (Wildman–Crippen LogP) is 5.83. The minimum absolute atomic E-state index is 0.525. The Hall–Kier alpha value is -2.19. The van der Waals surface area contributed by atoms with Gasteiger partial charge in [0, 0.05) is 9.77 Å². The molecule has 0 saturated carbocycles. The number of thiazole rings is 1. The number of anilines is 2. The molecule has 0 atom stereocenters. The Labute approximate surface area is 156 Å². The van der Waals surface area contributed by atoms with E-state index in [9.17, 15) is 0 Å². The maximum Gasteiger partial charge on any atom is 0.243 e. The van der Waals surface area contributed by atoms with Gasteiger partial charge in [0.2, 0.25) is 5.88 Å². The molecule has 118 valence electrons. The minimum Gasteiger partial charge on any atom is -0.437 e. The number of halogens is 1. The number of rotatable bonds is 4. The first-order chi connectivity index (χ1) is 11.8. The van der Waals surface area contributed by atoms with E-state index in [-0.39, 0.29) is 0 Å². The summed E-state index contributed by atoms with van der Waals surface area (Å²) in [5.41, 5.74) is 1.78. The van der Waals surface area contributed by atoms with Crippen LogP contribution >= 0.6 is 33.9 Å². The SMILES string of the molecule is Ic1ccc2sc(Nc3cccnc3Oc3ccccc3)nc2c1. The van der Waals surface area contributed by atoms with Crippen LogP contribution in [0.1, 0.15) is 0 Å². The predicted molar refractivity (Wildman–Crippen MR) is 106 cm³/mol. The molecule has 24 heavy (non-hydrogen) atoms. The van der Waals surface area contributed by atoms with Gasteiger partial charge in [0.05, 0.1) is 10.2 Å². The second-order valence-corrected chi connectivity index (χ2v) is 7.30. The van der Waals surface area contributed by atoms with Crippen molar-refractivity contribution in [2.45, 2.75) is 0 Å². The van der Waals surface area contributed by atoms with Gasteiger partial charge in [0.1, 0.15) is 11.4 Å². The highest BCUT2D eigenvalue weighted by atomic mass is 127. The number of ether oxygens (including phenoxy) is 1. The van der Waals surface area contributed by atoms with Crippen LogP contribution in [0.3, 0.4) is 0 Å². The third kappa shape index (κ3) is 3.34. The summed E-state index contributed by atoms with van der Waals surface area (Å²) in [6, 6.07) is 19.7. The van der Waals surface area contributed by atoms with Crippen LogP contribution in [-0.4, -0.2) is 9.97 Å². The monoisotopic (exact) mass is 445 g/mol. The number of aromatic nitrogens is 2. The summed E-state index contributed by atoms with van der Waals surface area (Å²) in [6.45, 7) is 0. The standard InChI is InChI=1S/C18H12IN3OS/c19-12-8-9-16-15(11-12)22-18(24-16)21-14-7-4-10-20-17(14)23-13-5-2-1-3-6-13/h1-11H,(H,21,22). The molecule has 2 aromatic heterocycles. The second kappa shape index (κ2) is 6.74. The number of nitrogens with one attached hydrogen (secondary N) is 1. The molecule has 2 aromatic carbocycles. The van der Waals surface area contributed by atoms with E-state index < -0.39 is 0 Å². The fourth-order valence-corrected chi connectivity index (χ4v) is 3.57. The fraction of sp³-hybridized carbons (Fsp3) is 0. The van der Waals surface area contributed by atoms with Gasteiger partial charge in [0.15, 0.2) is 5.13 Å². The molecule has 0 unspecified atom stereocenters. The summed E-state index contributed by atoms with van der Waals surface area (Å²) in [5, 5.41) is 4.14. The number of hydrogen-bond donors (Lipinski definition) is 1. The molecular formula is C18H12IN3OS. The molecular weight excluding hydrogens is 433 g/mol. The lowest BCUT2D eigenvalue weighted by Gasteiger charge is -2.09. The molecule has 0 aliphatic carbocycles. The van der Waals surface area contributed by atoms with Gasteiger partial charge in [-0.05, 0) is 65.1 Å². The first-order valence-electron chi connectivity index (χ1n) is 7.29. The summed E-state index contributed by atoms with van der Waals surface area (Å²) in [5.74, 6) is 1.27. The molecule has 0 aliphatic rings. The van der Waals surface area contributed by atoms with Crippen LogP contribution in [0.2, 0.25) is 0 Å². The largest absolute Gasteiger partial charge is 0.437 e. The van der Waals surface area contributed by atoms with Crippen molar-refractivity contribution in [2.75, 3.05) is 5.32 Å². The van der Waals surface area contributed by atoms with Gasteiger partial charge in [-0.15, -0.1) is 0 Å². The van der Waals surface area contributed by atoms with Crippen molar-refractivity contribution >= 4 is 55.0 Å². The van der Waals surface area contributed by atoms with E-state index in [1.165, 1.54) is 3.57 Å². The molecule has 0 spiro atoms. The molecule has 1 N–H and O–H groups in total. The van der Waals surface area contributed by atoms with Crippen LogP contribution in [0.5, 0.6) is 11.6 Å². The lowest BCUT2D eigenvalue weighted by molar-refractivity contribution is 0.465. The average Bonchev–Trinajstić information content (AvgIpc) is 2.99. The number of nitrogens with zero attached hydrogens (tertiary/aromatic N) is 2. The van der Waals surface area contributed by atoms with E-state index in [0.717, 1.165) is 26.8 Å². The van der Waals surface area contributed by atoms with Gasteiger partial charge in [-0.1, -0.05) is 29.5 Å². The number of fused-ring (bicyclic) bond motifs is 1. The molecule has 4 rings (SSSR count). The Morgan fingerprint density at radius 2 is 1.88 bits per heavy atom. The quantitative estimate of drug-likeness (QED) is 0.402. The van der Waals surface area contributed by atoms with Crippen molar-refractivity contribution in [1.29, 1.82) is 0 Å². The van der Waals surface area contributed by atoms with Crippen LogP contribution in [0, 0.1) is 3.57 Å². The molecule has 0 saturated heterocycles. The van der Waals surface area contributed by atoms with E-state index in [1.54, 1.807) is 17.5 Å². The fourth-order valence-electron chi connectivity index (χ4n) is 2.24. The zero-order chi connectivity index (χ0) is 16.4. The third-order valence-electron chi connectivity index (χ3n) is 3.32. The third-order valence-corrected chi connectivity index (χ3v) is 4.94. The molecule has 2 heterocycles. The first kappa shape index (κ1) is 15.3. The number of benzene rings is 2. The molecule has 0 radical (unpaired) electrons. The molecule has 0 amide bonds. The minimum atomic E-state index is 0.525. The highest BCUT2D eigenvalue weighted by molar-refractivity contribution is 14.1. The normalized spacial score (nSPS) is 10.7. The highest BCUT2D eigenvalue weighted by Crippen LogP contribution is 2.33. The Bertz CT molecular complexity index is 988. The Kier molecular flexibility index (Phi) is 4.31. The molecule has 0 fully saturated rings. The van der Waals surface area contributed by atoms with Crippen molar-refractivity contribution in [2.24, 2.45) is 0 Å². The van der Waals surface area contributed by atoms with Crippen molar-refractivity contribution < 1.29 is 4.74 Å². The summed E-state index contributed by atoms with van der Waals surface area (Å²) >= 11 is 3.90. The van der Waals surface area contributed by atoms with Crippen molar-refractivity contribution in [3.63, 3.8) is 0 Å².